The zero-order chi connectivity index (χ0) is 106. The van der Waals surface area contributed by atoms with E-state index in [0.717, 1.165) is 168 Å². The van der Waals surface area contributed by atoms with Crippen LogP contribution in [0, 0.1) is 135 Å². The standard InChI is InChI=1S/C21H24O.5C20H22O.C19H20O/c1-4-5-6-7-20(22)21(18-12-8-16(2)9-13-18)19-14-10-17(3)11-15-19;5*1-3-4-6-11-19(21)20(17-9-7-5-8-10-17)18-14-12-16(2)13-15-18;1-2-3-6-15-18(20)19(16-11-7-4-8-12-16)17-13-9-5-10-14-17/h1,8-15,20-22H,5-7H2,2-3H3;5*1,5,7-10,12-15,19-21H,4,6,11H2,2H3;1,4-5,7-14,18-20H,3,6,15H2. The van der Waals surface area contributed by atoms with Crippen molar-refractivity contribution < 1.29 is 35.7 Å². The summed E-state index contributed by atoms with van der Waals surface area (Å²) in [6.45, 7) is 14.5. The van der Waals surface area contributed by atoms with E-state index in [0.29, 0.717) is 44.9 Å². The minimum Gasteiger partial charge on any atom is -0.392 e. The average Bonchev–Trinajstić information content (AvgIpc) is 0.859. The van der Waals surface area contributed by atoms with Crippen LogP contribution in [-0.2, 0) is 0 Å². The van der Waals surface area contributed by atoms with Crippen molar-refractivity contribution in [1.82, 2.24) is 0 Å². The van der Waals surface area contributed by atoms with Crippen LogP contribution >= 0.6 is 0 Å². The maximum Gasteiger partial charge on any atom is 0.0649 e. The zero-order valence-corrected chi connectivity index (χ0v) is 87.5. The highest BCUT2D eigenvalue weighted by atomic mass is 16.3. The molecule has 0 saturated carbocycles. The Hall–Kier alpha value is -14.3. The van der Waals surface area contributed by atoms with E-state index in [4.69, 9.17) is 45.0 Å². The lowest BCUT2D eigenvalue weighted by atomic mass is 9.84. The molecule has 7 N–H and O–H groups in total. The van der Waals surface area contributed by atoms with Gasteiger partial charge in [-0.15, -0.1) is 86.4 Å². The second-order valence-electron chi connectivity index (χ2n) is 38.2. The smallest absolute Gasteiger partial charge is 0.0649 e. The normalized spacial score (nSPS) is 13.0. The summed E-state index contributed by atoms with van der Waals surface area (Å²) in [6.07, 6.45) is 50.2. The Bertz CT molecular complexity index is 5490. The van der Waals surface area contributed by atoms with Crippen LogP contribution < -0.4 is 0 Å². The first-order chi connectivity index (χ1) is 71.5. The van der Waals surface area contributed by atoms with Crippen LogP contribution in [-0.4, -0.2) is 78.5 Å². The fourth-order valence-corrected chi connectivity index (χ4v) is 18.6. The first-order valence-corrected chi connectivity index (χ1v) is 52.2. The number of benzene rings is 14. The maximum absolute atomic E-state index is 10.7. The van der Waals surface area contributed by atoms with E-state index in [2.05, 4.69) is 345 Å². The van der Waals surface area contributed by atoms with E-state index in [1.54, 1.807) is 0 Å². The number of hydrogen-bond donors (Lipinski definition) is 7. The van der Waals surface area contributed by atoms with Gasteiger partial charge in [0.1, 0.15) is 0 Å². The summed E-state index contributed by atoms with van der Waals surface area (Å²) in [6, 6.07) is 130. The topological polar surface area (TPSA) is 142 Å². The molecule has 0 fully saturated rings. The molecular formula is C140H154O7. The van der Waals surface area contributed by atoms with Crippen molar-refractivity contribution in [2.75, 3.05) is 0 Å². The molecule has 0 amide bonds. The lowest BCUT2D eigenvalue weighted by Gasteiger charge is -2.24. The van der Waals surface area contributed by atoms with Crippen LogP contribution in [0.15, 0.2) is 382 Å². The van der Waals surface area contributed by atoms with E-state index < -0.39 is 42.7 Å². The molecule has 14 rings (SSSR count). The molecule has 7 nitrogen and oxygen atoms in total. The van der Waals surface area contributed by atoms with E-state index in [1.165, 1.54) is 38.9 Å². The Morgan fingerprint density at radius 3 is 0.320 bits per heavy atom. The number of aryl methyl sites for hydroxylation is 7. The second kappa shape index (κ2) is 68.2. The fraction of sp³-hybridized carbons (Fsp3) is 0.300. The van der Waals surface area contributed by atoms with Gasteiger partial charge in [0.05, 0.1) is 42.7 Å². The van der Waals surface area contributed by atoms with Gasteiger partial charge in [-0.2, -0.15) is 0 Å². The predicted molar refractivity (Wildman–Crippen MR) is 617 cm³/mol. The molecule has 0 radical (unpaired) electrons. The minimum absolute atomic E-state index is 0.000950. The van der Waals surface area contributed by atoms with Crippen molar-refractivity contribution in [1.29, 1.82) is 0 Å². The van der Waals surface area contributed by atoms with Crippen molar-refractivity contribution in [2.24, 2.45) is 0 Å². The van der Waals surface area contributed by atoms with Crippen molar-refractivity contribution in [3.63, 3.8) is 0 Å². The molecular weight excluding hydrogens is 1790 g/mol. The van der Waals surface area contributed by atoms with Gasteiger partial charge in [0.15, 0.2) is 0 Å². The summed E-state index contributed by atoms with van der Waals surface area (Å²) in [5, 5.41) is 74.5. The van der Waals surface area contributed by atoms with Gasteiger partial charge in [-0.1, -0.05) is 421 Å². The van der Waals surface area contributed by atoms with E-state index >= 15 is 0 Å². The molecule has 756 valence electrons. The van der Waals surface area contributed by atoms with Gasteiger partial charge in [0.2, 0.25) is 0 Å². The lowest BCUT2D eigenvalue weighted by molar-refractivity contribution is 0.144. The van der Waals surface area contributed by atoms with Gasteiger partial charge in [0, 0.05) is 86.4 Å². The molecule has 14 aromatic carbocycles. The molecule has 14 aromatic rings. The van der Waals surface area contributed by atoms with Crippen molar-refractivity contribution >= 4 is 0 Å². The highest BCUT2D eigenvalue weighted by molar-refractivity contribution is 5.44. The van der Waals surface area contributed by atoms with Crippen molar-refractivity contribution in [3.8, 4) is 86.4 Å². The Morgan fingerprint density at radius 2 is 0.231 bits per heavy atom. The summed E-state index contributed by atoms with van der Waals surface area (Å²) >= 11 is 0. The van der Waals surface area contributed by atoms with Gasteiger partial charge in [0.25, 0.3) is 0 Å². The number of aliphatic hydroxyl groups is 7. The van der Waals surface area contributed by atoms with Gasteiger partial charge < -0.3 is 35.7 Å². The Morgan fingerprint density at radius 1 is 0.143 bits per heavy atom. The van der Waals surface area contributed by atoms with Crippen LogP contribution in [0.2, 0.25) is 0 Å². The van der Waals surface area contributed by atoms with Crippen LogP contribution in [0.5, 0.6) is 0 Å². The van der Waals surface area contributed by atoms with E-state index in [-0.39, 0.29) is 41.4 Å². The third-order valence-electron chi connectivity index (χ3n) is 26.6. The quantitative estimate of drug-likeness (QED) is 0.0149. The number of unbranched alkanes of at least 4 members (excludes halogenated alkanes) is 7. The molecule has 0 aliphatic carbocycles. The highest BCUT2D eigenvalue weighted by Crippen LogP contribution is 2.39. The molecule has 0 aromatic heterocycles. The SMILES string of the molecule is C#CCCCC(O)C(c1ccc(C)cc1)c1ccc(C)cc1.C#CCCCC(O)C(c1ccccc1)c1ccc(C)cc1.C#CCCCC(O)C(c1ccccc1)c1ccc(C)cc1.C#CCCCC(O)C(c1ccccc1)c1ccc(C)cc1.C#CCCCC(O)C(c1ccccc1)c1ccc(C)cc1.C#CCCCC(O)C(c1ccccc1)c1ccc(C)cc1.C#CCCCC(O)C(c1ccccc1)c1ccccc1. The summed E-state index contributed by atoms with van der Waals surface area (Å²) in [5.41, 5.74) is 24.7. The van der Waals surface area contributed by atoms with Gasteiger partial charge in [-0.3, -0.25) is 0 Å². The maximum atomic E-state index is 10.7. The van der Waals surface area contributed by atoms with Crippen LogP contribution in [0.25, 0.3) is 0 Å². The van der Waals surface area contributed by atoms with Gasteiger partial charge in [-0.05, 0) is 216 Å². The molecule has 0 spiro atoms. The summed E-state index contributed by atoms with van der Waals surface area (Å²) < 4.78 is 0. The molecule has 147 heavy (non-hydrogen) atoms. The monoisotopic (exact) mass is 1950 g/mol. The van der Waals surface area contributed by atoms with E-state index in [1.807, 2.05) is 127 Å². The number of aliphatic hydroxyl groups excluding tert-OH is 7. The molecule has 0 heterocycles. The summed E-state index contributed by atoms with van der Waals surface area (Å²) in [4.78, 5) is 0. The minimum atomic E-state index is -0.418. The molecule has 7 heteroatoms. The van der Waals surface area contributed by atoms with Crippen molar-refractivity contribution in [3.05, 3.63) is 499 Å². The van der Waals surface area contributed by atoms with Crippen LogP contribution in [0.3, 0.4) is 0 Å². The number of hydrogen-bond acceptors (Lipinski definition) is 7. The first kappa shape index (κ1) is 118. The predicted octanol–water partition coefficient (Wildman–Crippen LogP) is 30.0. The average molecular weight is 1950 g/mol. The molecule has 0 bridgehead atoms. The number of rotatable bonds is 42. The van der Waals surface area contributed by atoms with Crippen LogP contribution in [0.4, 0.5) is 0 Å². The highest BCUT2D eigenvalue weighted by Gasteiger charge is 2.30. The largest absolute Gasteiger partial charge is 0.392 e. The lowest BCUT2D eigenvalue weighted by Crippen LogP contribution is -2.20. The molecule has 0 aliphatic heterocycles. The zero-order valence-electron chi connectivity index (χ0n) is 87.5. The number of terminal acetylenes is 7. The van der Waals surface area contributed by atoms with Crippen molar-refractivity contribution in [2.45, 2.75) is 267 Å². The fourth-order valence-electron chi connectivity index (χ4n) is 18.6. The third-order valence-corrected chi connectivity index (χ3v) is 26.6. The van der Waals surface area contributed by atoms with Gasteiger partial charge >= 0.3 is 0 Å². The molecule has 12 unspecified atom stereocenters. The van der Waals surface area contributed by atoms with Gasteiger partial charge in [-0.25, -0.2) is 0 Å². The first-order valence-electron chi connectivity index (χ1n) is 52.2. The molecule has 0 aliphatic rings. The van der Waals surface area contributed by atoms with Crippen LogP contribution in [0.1, 0.15) is 293 Å². The Balaban J connectivity index is 0.000000209. The second-order valence-corrected chi connectivity index (χ2v) is 38.2. The molecule has 12 atom stereocenters. The Labute approximate surface area is 882 Å². The molecule has 0 saturated heterocycles. The van der Waals surface area contributed by atoms with E-state index in [9.17, 15) is 35.7 Å². The third kappa shape index (κ3) is 41.6. The summed E-state index contributed by atoms with van der Waals surface area (Å²) in [7, 11) is 0. The Kier molecular flexibility index (Phi) is 54.7. The summed E-state index contributed by atoms with van der Waals surface area (Å²) in [5.74, 6) is 18.5.